The molecule has 1 atom stereocenters. The zero-order valence-electron chi connectivity index (χ0n) is 10.7. The van der Waals surface area contributed by atoms with Gasteiger partial charge in [-0.2, -0.15) is 0 Å². The molecule has 0 radical (unpaired) electrons. The second-order valence-corrected chi connectivity index (χ2v) is 5.69. The normalized spacial score (nSPS) is 24.2. The zero-order chi connectivity index (χ0) is 11.1. The predicted molar refractivity (Wildman–Crippen MR) is 67.9 cm³/mol. The van der Waals surface area contributed by atoms with E-state index in [2.05, 4.69) is 13.8 Å². The monoisotopic (exact) mass is 211 g/mol. The third kappa shape index (κ3) is 4.14. The summed E-state index contributed by atoms with van der Waals surface area (Å²) in [5.74, 6) is 0.855. The molecule has 0 bridgehead atoms. The fourth-order valence-corrected chi connectivity index (χ4v) is 3.03. The molecule has 1 heteroatoms. The summed E-state index contributed by atoms with van der Waals surface area (Å²) in [6.07, 6.45) is 12.6. The second-order valence-electron chi connectivity index (χ2n) is 5.69. The van der Waals surface area contributed by atoms with Crippen molar-refractivity contribution in [2.45, 2.75) is 71.6 Å². The van der Waals surface area contributed by atoms with E-state index in [9.17, 15) is 0 Å². The maximum Gasteiger partial charge on any atom is -0.00204 e. The molecule has 0 saturated heterocycles. The standard InChI is InChI=1S/C14H29N/c1-3-13(2)11-14(12-15)9-7-5-4-6-8-10-14/h13H,3-12,15H2,1-2H3. The van der Waals surface area contributed by atoms with Gasteiger partial charge in [-0.1, -0.05) is 52.4 Å². The molecule has 1 fully saturated rings. The van der Waals surface area contributed by atoms with E-state index in [0.717, 1.165) is 12.5 Å². The number of hydrogen-bond acceptors (Lipinski definition) is 1. The van der Waals surface area contributed by atoms with Crippen molar-refractivity contribution < 1.29 is 0 Å². The van der Waals surface area contributed by atoms with Gasteiger partial charge < -0.3 is 5.73 Å². The topological polar surface area (TPSA) is 26.0 Å². The maximum absolute atomic E-state index is 6.06. The molecule has 1 aliphatic carbocycles. The van der Waals surface area contributed by atoms with Gasteiger partial charge in [-0.25, -0.2) is 0 Å². The summed E-state index contributed by atoms with van der Waals surface area (Å²) in [5.41, 5.74) is 6.56. The van der Waals surface area contributed by atoms with Gasteiger partial charge in [0.05, 0.1) is 0 Å². The first-order valence-corrected chi connectivity index (χ1v) is 6.92. The minimum atomic E-state index is 0.496. The van der Waals surface area contributed by atoms with Crippen molar-refractivity contribution in [1.82, 2.24) is 0 Å². The molecular formula is C14H29N. The van der Waals surface area contributed by atoms with Gasteiger partial charge in [0.15, 0.2) is 0 Å². The Bertz CT molecular complexity index is 157. The molecule has 0 aromatic heterocycles. The predicted octanol–water partition coefficient (Wildman–Crippen LogP) is 4.11. The Morgan fingerprint density at radius 3 is 2.07 bits per heavy atom. The summed E-state index contributed by atoms with van der Waals surface area (Å²) >= 11 is 0. The molecule has 1 aliphatic rings. The molecule has 1 rings (SSSR count). The van der Waals surface area contributed by atoms with Gasteiger partial charge in [0.1, 0.15) is 0 Å². The summed E-state index contributed by atoms with van der Waals surface area (Å²) < 4.78 is 0. The molecule has 0 aromatic carbocycles. The lowest BCUT2D eigenvalue weighted by Gasteiger charge is -2.36. The Morgan fingerprint density at radius 2 is 1.60 bits per heavy atom. The van der Waals surface area contributed by atoms with Crippen LogP contribution in [0.4, 0.5) is 0 Å². The Hall–Kier alpha value is -0.0400. The van der Waals surface area contributed by atoms with Crippen molar-refractivity contribution in [3.05, 3.63) is 0 Å². The van der Waals surface area contributed by atoms with E-state index in [0.29, 0.717) is 5.41 Å². The summed E-state index contributed by atoms with van der Waals surface area (Å²) in [4.78, 5) is 0. The Balaban J connectivity index is 2.53. The van der Waals surface area contributed by atoms with Crippen LogP contribution in [0, 0.1) is 11.3 Å². The van der Waals surface area contributed by atoms with E-state index < -0.39 is 0 Å². The molecule has 90 valence electrons. The highest BCUT2D eigenvalue weighted by Gasteiger charge is 2.29. The number of nitrogens with two attached hydrogens (primary N) is 1. The first kappa shape index (κ1) is 13.0. The Morgan fingerprint density at radius 1 is 1.07 bits per heavy atom. The van der Waals surface area contributed by atoms with Gasteiger partial charge in [-0.05, 0) is 37.1 Å². The van der Waals surface area contributed by atoms with Crippen molar-refractivity contribution in [3.8, 4) is 0 Å². The van der Waals surface area contributed by atoms with Gasteiger partial charge >= 0.3 is 0 Å². The van der Waals surface area contributed by atoms with Crippen LogP contribution in [0.25, 0.3) is 0 Å². The van der Waals surface area contributed by atoms with E-state index in [1.165, 1.54) is 57.8 Å². The third-order valence-electron chi connectivity index (χ3n) is 4.33. The highest BCUT2D eigenvalue weighted by atomic mass is 14.6. The van der Waals surface area contributed by atoms with Crippen molar-refractivity contribution in [2.24, 2.45) is 17.1 Å². The Kier molecular flexibility index (Phi) is 5.66. The molecule has 0 aromatic rings. The summed E-state index contributed by atoms with van der Waals surface area (Å²) in [5, 5.41) is 0. The van der Waals surface area contributed by atoms with Crippen LogP contribution < -0.4 is 5.73 Å². The summed E-state index contributed by atoms with van der Waals surface area (Å²) in [6.45, 7) is 5.60. The molecule has 2 N–H and O–H groups in total. The minimum Gasteiger partial charge on any atom is -0.330 e. The minimum absolute atomic E-state index is 0.496. The largest absolute Gasteiger partial charge is 0.330 e. The highest BCUT2D eigenvalue weighted by Crippen LogP contribution is 2.39. The van der Waals surface area contributed by atoms with Crippen molar-refractivity contribution >= 4 is 0 Å². The third-order valence-corrected chi connectivity index (χ3v) is 4.33. The zero-order valence-corrected chi connectivity index (χ0v) is 10.7. The molecule has 0 aliphatic heterocycles. The summed E-state index contributed by atoms with van der Waals surface area (Å²) in [6, 6.07) is 0. The quantitative estimate of drug-likeness (QED) is 0.744. The van der Waals surface area contributed by atoms with E-state index in [4.69, 9.17) is 5.73 Å². The lowest BCUT2D eigenvalue weighted by atomic mass is 9.70. The number of rotatable bonds is 4. The molecule has 0 heterocycles. The first-order chi connectivity index (χ1) is 7.22. The van der Waals surface area contributed by atoms with Gasteiger partial charge in [0.2, 0.25) is 0 Å². The second kappa shape index (κ2) is 6.52. The van der Waals surface area contributed by atoms with Gasteiger partial charge in [0, 0.05) is 0 Å². The van der Waals surface area contributed by atoms with Gasteiger partial charge in [0.25, 0.3) is 0 Å². The highest BCUT2D eigenvalue weighted by molar-refractivity contribution is 4.83. The fraction of sp³-hybridized carbons (Fsp3) is 1.00. The SMILES string of the molecule is CCC(C)CC1(CN)CCCCCCC1. The van der Waals surface area contributed by atoms with Crippen LogP contribution in [-0.2, 0) is 0 Å². The lowest BCUT2D eigenvalue weighted by Crippen LogP contribution is -2.33. The van der Waals surface area contributed by atoms with Crippen LogP contribution in [0.1, 0.15) is 71.6 Å². The molecule has 1 unspecified atom stereocenters. The van der Waals surface area contributed by atoms with Crippen molar-refractivity contribution in [1.29, 1.82) is 0 Å². The molecule has 1 saturated carbocycles. The molecular weight excluding hydrogens is 182 g/mol. The summed E-state index contributed by atoms with van der Waals surface area (Å²) in [7, 11) is 0. The maximum atomic E-state index is 6.06. The van der Waals surface area contributed by atoms with Crippen LogP contribution in [0.5, 0.6) is 0 Å². The number of hydrogen-bond donors (Lipinski definition) is 1. The average molecular weight is 211 g/mol. The van der Waals surface area contributed by atoms with Crippen LogP contribution in [0.2, 0.25) is 0 Å². The lowest BCUT2D eigenvalue weighted by molar-refractivity contribution is 0.169. The van der Waals surface area contributed by atoms with Crippen LogP contribution in [0.15, 0.2) is 0 Å². The molecule has 15 heavy (non-hydrogen) atoms. The molecule has 0 amide bonds. The smallest absolute Gasteiger partial charge is 0.00204 e. The van der Waals surface area contributed by atoms with Gasteiger partial charge in [-0.3, -0.25) is 0 Å². The van der Waals surface area contributed by atoms with Crippen LogP contribution in [0.3, 0.4) is 0 Å². The fourth-order valence-electron chi connectivity index (χ4n) is 3.03. The molecule has 1 nitrogen and oxygen atoms in total. The van der Waals surface area contributed by atoms with E-state index in [1.54, 1.807) is 0 Å². The van der Waals surface area contributed by atoms with Gasteiger partial charge in [-0.15, -0.1) is 0 Å². The van der Waals surface area contributed by atoms with E-state index in [1.807, 2.05) is 0 Å². The van der Waals surface area contributed by atoms with Crippen molar-refractivity contribution in [3.63, 3.8) is 0 Å². The molecule has 0 spiro atoms. The van der Waals surface area contributed by atoms with E-state index in [-0.39, 0.29) is 0 Å². The van der Waals surface area contributed by atoms with Crippen molar-refractivity contribution in [2.75, 3.05) is 6.54 Å². The van der Waals surface area contributed by atoms with E-state index >= 15 is 0 Å². The van der Waals surface area contributed by atoms with Crippen LogP contribution in [-0.4, -0.2) is 6.54 Å². The van der Waals surface area contributed by atoms with Crippen LogP contribution >= 0.6 is 0 Å². The first-order valence-electron chi connectivity index (χ1n) is 6.92. The average Bonchev–Trinajstić information content (AvgIpc) is 2.22. The Labute approximate surface area is 95.8 Å².